The number of rotatable bonds is 6. The van der Waals surface area contributed by atoms with Crippen LogP contribution >= 0.6 is 7.60 Å². The van der Waals surface area contributed by atoms with Crippen molar-refractivity contribution in [2.75, 3.05) is 32.5 Å². The molecule has 0 bridgehead atoms. The highest BCUT2D eigenvalue weighted by Crippen LogP contribution is 2.50. The first kappa shape index (κ1) is 20.5. The molecule has 1 aliphatic rings. The van der Waals surface area contributed by atoms with Gasteiger partial charge in [-0.15, -0.1) is 0 Å². The smallest absolute Gasteiger partial charge is 0.410 e. The highest BCUT2D eigenvalue weighted by atomic mass is 31.2. The summed E-state index contributed by atoms with van der Waals surface area (Å²) in [4.78, 5) is 13.9. The summed E-state index contributed by atoms with van der Waals surface area (Å²) in [7, 11) is -3.02. The summed E-state index contributed by atoms with van der Waals surface area (Å²) in [6, 6.07) is 0. The van der Waals surface area contributed by atoms with E-state index in [1.165, 1.54) is 0 Å². The lowest BCUT2D eigenvalue weighted by Crippen LogP contribution is -2.37. The third kappa shape index (κ3) is 7.69. The molecule has 1 saturated heterocycles. The number of nitrogens with zero attached hydrogens (tertiary/aromatic N) is 1. The van der Waals surface area contributed by atoms with Gasteiger partial charge in [0.05, 0.1) is 19.4 Å². The van der Waals surface area contributed by atoms with E-state index in [9.17, 15) is 9.36 Å². The first-order valence-electron chi connectivity index (χ1n) is 8.55. The number of carbonyl (C=O) groups excluding carboxylic acids is 1. The Morgan fingerprint density at radius 3 is 2.26 bits per heavy atom. The number of amides is 1. The van der Waals surface area contributed by atoms with Gasteiger partial charge in [-0.3, -0.25) is 4.57 Å². The van der Waals surface area contributed by atoms with Crippen LogP contribution in [0.2, 0.25) is 0 Å². The lowest BCUT2D eigenvalue weighted by Gasteiger charge is -2.26. The topological polar surface area (TPSA) is 65.1 Å². The van der Waals surface area contributed by atoms with E-state index in [0.29, 0.717) is 32.5 Å². The SMILES string of the molecule is CCOP(=O)(CC1CCCN(C(=O)OC(C)(C)C)CC1)OCC. The van der Waals surface area contributed by atoms with Crippen LogP contribution in [-0.2, 0) is 18.3 Å². The summed E-state index contributed by atoms with van der Waals surface area (Å²) >= 11 is 0. The van der Waals surface area contributed by atoms with Crippen LogP contribution < -0.4 is 0 Å². The van der Waals surface area contributed by atoms with Gasteiger partial charge in [0.1, 0.15) is 5.60 Å². The van der Waals surface area contributed by atoms with Gasteiger partial charge in [0.15, 0.2) is 0 Å². The molecule has 1 amide bonds. The average Bonchev–Trinajstić information content (AvgIpc) is 2.62. The molecule has 0 aliphatic carbocycles. The molecular weight excluding hydrogens is 317 g/mol. The van der Waals surface area contributed by atoms with E-state index < -0.39 is 13.2 Å². The molecule has 1 rings (SSSR count). The summed E-state index contributed by atoms with van der Waals surface area (Å²) in [6.07, 6.45) is 2.75. The van der Waals surface area contributed by atoms with E-state index in [1.54, 1.807) is 4.90 Å². The minimum atomic E-state index is -3.02. The molecule has 1 heterocycles. The van der Waals surface area contributed by atoms with Crippen LogP contribution in [0.1, 0.15) is 53.9 Å². The van der Waals surface area contributed by atoms with Crippen LogP contribution in [-0.4, -0.2) is 49.1 Å². The van der Waals surface area contributed by atoms with Gasteiger partial charge >= 0.3 is 13.7 Å². The van der Waals surface area contributed by atoms with Gasteiger partial charge in [0.2, 0.25) is 0 Å². The Balaban J connectivity index is 2.57. The minimum Gasteiger partial charge on any atom is -0.444 e. The van der Waals surface area contributed by atoms with Crippen molar-refractivity contribution in [2.24, 2.45) is 5.92 Å². The van der Waals surface area contributed by atoms with E-state index >= 15 is 0 Å². The van der Waals surface area contributed by atoms with Crippen LogP contribution in [0.3, 0.4) is 0 Å². The summed E-state index contributed by atoms with van der Waals surface area (Å²) in [5, 5.41) is 0. The van der Waals surface area contributed by atoms with Gasteiger partial charge in [-0.1, -0.05) is 0 Å². The van der Waals surface area contributed by atoms with Crippen LogP contribution in [0.25, 0.3) is 0 Å². The van der Waals surface area contributed by atoms with Crippen molar-refractivity contribution in [3.8, 4) is 0 Å². The fraction of sp³-hybridized carbons (Fsp3) is 0.938. The van der Waals surface area contributed by atoms with Gasteiger partial charge < -0.3 is 18.7 Å². The average molecular weight is 349 g/mol. The maximum atomic E-state index is 12.6. The fourth-order valence-electron chi connectivity index (χ4n) is 2.71. The van der Waals surface area contributed by atoms with Crippen molar-refractivity contribution >= 4 is 13.7 Å². The Kier molecular flexibility index (Phi) is 8.05. The number of hydrogen-bond donors (Lipinski definition) is 0. The highest BCUT2D eigenvalue weighted by Gasteiger charge is 2.31. The molecule has 1 atom stereocenters. The largest absolute Gasteiger partial charge is 0.444 e. The number of carbonyl (C=O) groups is 1. The molecule has 136 valence electrons. The van der Waals surface area contributed by atoms with Crippen molar-refractivity contribution in [2.45, 2.75) is 59.5 Å². The molecule has 0 aromatic carbocycles. The first-order chi connectivity index (χ1) is 10.7. The van der Waals surface area contributed by atoms with Gasteiger partial charge in [-0.25, -0.2) is 4.79 Å². The normalized spacial score (nSPS) is 20.2. The van der Waals surface area contributed by atoms with Gasteiger partial charge in [-0.05, 0) is 59.8 Å². The van der Waals surface area contributed by atoms with E-state index in [2.05, 4.69) is 0 Å². The van der Waals surface area contributed by atoms with Crippen LogP contribution in [0.4, 0.5) is 4.79 Å². The van der Waals surface area contributed by atoms with E-state index in [1.807, 2.05) is 34.6 Å². The molecule has 6 nitrogen and oxygen atoms in total. The minimum absolute atomic E-state index is 0.242. The Labute approximate surface area is 140 Å². The molecule has 0 saturated carbocycles. The maximum absolute atomic E-state index is 12.6. The molecule has 0 radical (unpaired) electrons. The molecular formula is C16H32NO5P. The third-order valence-corrected chi connectivity index (χ3v) is 5.90. The Morgan fingerprint density at radius 2 is 1.74 bits per heavy atom. The second kappa shape index (κ2) is 9.05. The van der Waals surface area contributed by atoms with Crippen molar-refractivity contribution in [3.05, 3.63) is 0 Å². The van der Waals surface area contributed by atoms with Crippen LogP contribution in [0.5, 0.6) is 0 Å². The molecule has 0 aromatic heterocycles. The zero-order valence-electron chi connectivity index (χ0n) is 15.2. The van der Waals surface area contributed by atoms with Crippen molar-refractivity contribution < 1.29 is 23.1 Å². The van der Waals surface area contributed by atoms with Crippen molar-refractivity contribution in [1.82, 2.24) is 4.90 Å². The number of likely N-dealkylation sites (tertiary alicyclic amines) is 1. The third-order valence-electron chi connectivity index (χ3n) is 3.63. The second-order valence-electron chi connectivity index (χ2n) is 6.89. The van der Waals surface area contributed by atoms with Crippen LogP contribution in [0.15, 0.2) is 0 Å². The first-order valence-corrected chi connectivity index (χ1v) is 10.3. The predicted molar refractivity (Wildman–Crippen MR) is 90.9 cm³/mol. The van der Waals surface area contributed by atoms with E-state index in [4.69, 9.17) is 13.8 Å². The lowest BCUT2D eigenvalue weighted by molar-refractivity contribution is 0.0255. The predicted octanol–water partition coefficient (Wildman–Crippen LogP) is 4.29. The molecule has 0 aromatic rings. The van der Waals surface area contributed by atoms with E-state index in [-0.39, 0.29) is 12.0 Å². The van der Waals surface area contributed by atoms with Crippen LogP contribution in [0, 0.1) is 5.92 Å². The summed E-state index contributed by atoms with van der Waals surface area (Å²) in [6.45, 7) is 11.3. The monoisotopic (exact) mass is 349 g/mol. The van der Waals surface area contributed by atoms with Gasteiger partial charge in [0.25, 0.3) is 0 Å². The molecule has 0 spiro atoms. The lowest BCUT2D eigenvalue weighted by atomic mass is 10.0. The quantitative estimate of drug-likeness (QED) is 0.669. The number of ether oxygens (including phenoxy) is 1. The summed E-state index contributed by atoms with van der Waals surface area (Å²) in [5.74, 6) is 0.242. The molecule has 1 fully saturated rings. The molecule has 0 N–H and O–H groups in total. The van der Waals surface area contributed by atoms with Crippen molar-refractivity contribution in [3.63, 3.8) is 0 Å². The highest BCUT2D eigenvalue weighted by molar-refractivity contribution is 7.53. The van der Waals surface area contributed by atoms with Crippen molar-refractivity contribution in [1.29, 1.82) is 0 Å². The Morgan fingerprint density at radius 1 is 1.13 bits per heavy atom. The van der Waals surface area contributed by atoms with E-state index in [0.717, 1.165) is 19.3 Å². The molecule has 7 heteroatoms. The zero-order valence-corrected chi connectivity index (χ0v) is 16.1. The Hall–Kier alpha value is -0.580. The fourth-order valence-corrected chi connectivity index (χ4v) is 4.78. The van der Waals surface area contributed by atoms with Gasteiger partial charge in [0, 0.05) is 13.1 Å². The number of hydrogen-bond acceptors (Lipinski definition) is 5. The zero-order chi connectivity index (χ0) is 17.5. The summed E-state index contributed by atoms with van der Waals surface area (Å²) in [5.41, 5.74) is -0.484. The van der Waals surface area contributed by atoms with Gasteiger partial charge in [-0.2, -0.15) is 0 Å². The molecule has 1 unspecified atom stereocenters. The summed E-state index contributed by atoms with van der Waals surface area (Å²) < 4.78 is 28.8. The second-order valence-corrected chi connectivity index (χ2v) is 9.00. The molecule has 23 heavy (non-hydrogen) atoms. The maximum Gasteiger partial charge on any atom is 0.410 e. The molecule has 1 aliphatic heterocycles. The standard InChI is InChI=1S/C16H32NO5P/c1-6-20-23(19,21-7-2)13-14-9-8-11-17(12-10-14)15(18)22-16(3,4)5/h14H,6-13H2,1-5H3. The Bertz CT molecular complexity index is 411.